The lowest BCUT2D eigenvalue weighted by molar-refractivity contribution is 0.0692. The maximum Gasteiger partial charge on any atom is 0.338 e. The highest BCUT2D eigenvalue weighted by molar-refractivity contribution is 6.02. The minimum Gasteiger partial charge on any atom is -0.478 e. The lowest BCUT2D eigenvalue weighted by Gasteiger charge is -2.25. The van der Waals surface area contributed by atoms with E-state index in [4.69, 9.17) is 9.84 Å². The number of aliphatic imine (C=N–C) groups is 1. The van der Waals surface area contributed by atoms with Crippen LogP contribution >= 0.6 is 0 Å². The van der Waals surface area contributed by atoms with Gasteiger partial charge in [-0.2, -0.15) is 0 Å². The van der Waals surface area contributed by atoms with Crippen LogP contribution in [-0.2, 0) is 11.2 Å². The number of rotatable bonds is 7. The van der Waals surface area contributed by atoms with Gasteiger partial charge in [0.2, 0.25) is 0 Å². The molecule has 1 aromatic carbocycles. The van der Waals surface area contributed by atoms with Crippen LogP contribution in [0.15, 0.2) is 29.4 Å². The van der Waals surface area contributed by atoms with Gasteiger partial charge in [-0.1, -0.05) is 13.5 Å². The number of carbonyl (C=O) groups is 1. The van der Waals surface area contributed by atoms with Gasteiger partial charge in [-0.15, -0.1) is 0 Å². The van der Waals surface area contributed by atoms with E-state index >= 15 is 0 Å². The largest absolute Gasteiger partial charge is 0.478 e. The molecule has 0 fully saturated rings. The van der Waals surface area contributed by atoms with E-state index in [1.165, 1.54) is 12.1 Å². The molecule has 0 saturated heterocycles. The lowest BCUT2D eigenvalue weighted by Crippen LogP contribution is -2.28. The Morgan fingerprint density at radius 2 is 2.09 bits per heavy atom. The number of ether oxygens (including phenoxy) is 1. The molecule has 5 nitrogen and oxygen atoms in total. The average Bonchev–Trinajstić information content (AvgIpc) is 2.53. The van der Waals surface area contributed by atoms with Gasteiger partial charge < -0.3 is 14.7 Å². The second kappa shape index (κ2) is 8.43. The van der Waals surface area contributed by atoms with Crippen LogP contribution in [0.4, 0.5) is 4.39 Å². The molecule has 0 aliphatic heterocycles. The van der Waals surface area contributed by atoms with Crippen molar-refractivity contribution in [3.63, 3.8) is 0 Å². The zero-order valence-electron chi connectivity index (χ0n) is 14.0. The number of methoxy groups -OCH3 is 1. The highest BCUT2D eigenvalue weighted by atomic mass is 19.1. The summed E-state index contributed by atoms with van der Waals surface area (Å²) in [6.45, 7) is 6.39. The van der Waals surface area contributed by atoms with Gasteiger partial charge in [0.05, 0.1) is 12.2 Å². The maximum atomic E-state index is 13.9. The summed E-state index contributed by atoms with van der Waals surface area (Å²) in [5.41, 5.74) is 1.69. The predicted octanol–water partition coefficient (Wildman–Crippen LogP) is 2.94. The van der Waals surface area contributed by atoms with E-state index in [1.807, 2.05) is 6.92 Å². The highest BCUT2D eigenvalue weighted by Gasteiger charge is 2.20. The van der Waals surface area contributed by atoms with Crippen LogP contribution in [0.1, 0.15) is 34.8 Å². The third-order valence-electron chi connectivity index (χ3n) is 3.64. The number of carboxylic acid groups (broad SMARTS) is 1. The average molecular weight is 322 g/mol. The number of aromatic carboxylic acids is 1. The molecule has 0 radical (unpaired) electrons. The van der Waals surface area contributed by atoms with Crippen molar-refractivity contribution in [2.45, 2.75) is 19.8 Å². The Morgan fingerprint density at radius 3 is 2.57 bits per heavy atom. The SMILES string of the molecule is C=C(CCOC)N(C)/C(=N\C)c1cc(C(=O)O)c(F)cc1CC. The first-order chi connectivity index (χ1) is 10.9. The minimum absolute atomic E-state index is 0.366. The van der Waals surface area contributed by atoms with Gasteiger partial charge in [0.1, 0.15) is 11.7 Å². The fourth-order valence-electron chi connectivity index (χ4n) is 2.27. The minimum atomic E-state index is -1.30. The van der Waals surface area contributed by atoms with Crippen molar-refractivity contribution in [3.8, 4) is 0 Å². The molecular weight excluding hydrogens is 299 g/mol. The third-order valence-corrected chi connectivity index (χ3v) is 3.64. The molecule has 23 heavy (non-hydrogen) atoms. The van der Waals surface area contributed by atoms with Crippen molar-refractivity contribution >= 4 is 11.8 Å². The molecule has 0 bridgehead atoms. The molecule has 1 N–H and O–H groups in total. The summed E-state index contributed by atoms with van der Waals surface area (Å²) in [6.07, 6.45) is 1.17. The van der Waals surface area contributed by atoms with E-state index in [0.29, 0.717) is 36.4 Å². The quantitative estimate of drug-likeness (QED) is 0.619. The van der Waals surface area contributed by atoms with Crippen LogP contribution < -0.4 is 0 Å². The van der Waals surface area contributed by atoms with E-state index < -0.39 is 11.8 Å². The molecule has 126 valence electrons. The number of aryl methyl sites for hydroxylation is 1. The van der Waals surface area contributed by atoms with Crippen LogP contribution in [-0.4, -0.2) is 49.6 Å². The molecular formula is C17H23FN2O3. The van der Waals surface area contributed by atoms with Crippen LogP contribution in [0.3, 0.4) is 0 Å². The van der Waals surface area contributed by atoms with E-state index in [0.717, 1.165) is 5.70 Å². The molecule has 0 saturated carbocycles. The third kappa shape index (κ3) is 4.39. The number of carboxylic acids is 1. The Morgan fingerprint density at radius 1 is 1.43 bits per heavy atom. The molecule has 6 heteroatoms. The Labute approximate surface area is 136 Å². The summed E-state index contributed by atoms with van der Waals surface area (Å²) in [7, 11) is 5.01. The summed E-state index contributed by atoms with van der Waals surface area (Å²) in [5.74, 6) is -1.50. The van der Waals surface area contributed by atoms with Gasteiger partial charge in [0.15, 0.2) is 0 Å². The maximum absolute atomic E-state index is 13.9. The number of nitrogens with zero attached hydrogens (tertiary/aromatic N) is 2. The zero-order valence-corrected chi connectivity index (χ0v) is 14.0. The number of amidine groups is 1. The van der Waals surface area contributed by atoms with Gasteiger partial charge in [0.25, 0.3) is 0 Å². The first-order valence-corrected chi connectivity index (χ1v) is 7.30. The fourth-order valence-corrected chi connectivity index (χ4v) is 2.27. The molecule has 0 spiro atoms. The Hall–Kier alpha value is -2.21. The second-order valence-corrected chi connectivity index (χ2v) is 5.06. The normalized spacial score (nSPS) is 11.4. The predicted molar refractivity (Wildman–Crippen MR) is 88.6 cm³/mol. The second-order valence-electron chi connectivity index (χ2n) is 5.06. The van der Waals surface area contributed by atoms with Gasteiger partial charge in [-0.05, 0) is 24.1 Å². The van der Waals surface area contributed by atoms with Crippen LogP contribution in [0.25, 0.3) is 0 Å². The lowest BCUT2D eigenvalue weighted by atomic mass is 9.99. The van der Waals surface area contributed by atoms with E-state index in [9.17, 15) is 9.18 Å². The van der Waals surface area contributed by atoms with Gasteiger partial charge >= 0.3 is 5.97 Å². The van der Waals surface area contributed by atoms with E-state index in [-0.39, 0.29) is 5.56 Å². The van der Waals surface area contributed by atoms with E-state index in [2.05, 4.69) is 11.6 Å². The molecule has 0 heterocycles. The number of halogens is 1. The van der Waals surface area contributed by atoms with Crippen LogP contribution in [0.5, 0.6) is 0 Å². The summed E-state index contributed by atoms with van der Waals surface area (Å²) >= 11 is 0. The number of benzene rings is 1. The summed E-state index contributed by atoms with van der Waals surface area (Å²) in [5, 5.41) is 9.14. The van der Waals surface area contributed by atoms with Crippen molar-refractivity contribution in [1.29, 1.82) is 0 Å². The number of hydrogen-bond donors (Lipinski definition) is 1. The topological polar surface area (TPSA) is 62.1 Å². The molecule has 0 aliphatic rings. The smallest absolute Gasteiger partial charge is 0.338 e. The zero-order chi connectivity index (χ0) is 17.6. The molecule has 1 rings (SSSR count). The first-order valence-electron chi connectivity index (χ1n) is 7.30. The Kier molecular flexibility index (Phi) is 6.90. The molecule has 1 aromatic rings. The molecule has 0 amide bonds. The summed E-state index contributed by atoms with van der Waals surface area (Å²) in [4.78, 5) is 17.2. The van der Waals surface area contributed by atoms with Crippen molar-refractivity contribution in [2.75, 3.05) is 27.8 Å². The van der Waals surface area contributed by atoms with Gasteiger partial charge in [-0.3, -0.25) is 4.99 Å². The molecule has 0 aromatic heterocycles. The first kappa shape index (κ1) is 18.8. The van der Waals surface area contributed by atoms with E-state index in [1.54, 1.807) is 26.1 Å². The molecule has 0 atom stereocenters. The van der Waals surface area contributed by atoms with Crippen molar-refractivity contribution in [1.82, 2.24) is 4.90 Å². The summed E-state index contributed by atoms with van der Waals surface area (Å²) in [6, 6.07) is 2.59. The molecule has 0 unspecified atom stereocenters. The number of hydrogen-bond acceptors (Lipinski definition) is 3. The van der Waals surface area contributed by atoms with Crippen molar-refractivity contribution < 1.29 is 19.0 Å². The fraction of sp³-hybridized carbons (Fsp3) is 0.412. The van der Waals surface area contributed by atoms with Crippen LogP contribution in [0, 0.1) is 5.82 Å². The van der Waals surface area contributed by atoms with Crippen molar-refractivity contribution in [3.05, 3.63) is 46.9 Å². The monoisotopic (exact) mass is 322 g/mol. The Bertz CT molecular complexity index is 627. The highest BCUT2D eigenvalue weighted by Crippen LogP contribution is 2.21. The van der Waals surface area contributed by atoms with Gasteiger partial charge in [-0.25, -0.2) is 9.18 Å². The molecule has 0 aliphatic carbocycles. The standard InChI is InChI=1S/C17H23FN2O3/c1-6-12-9-15(18)14(17(21)22)10-13(12)16(19-3)20(4)11(2)7-8-23-5/h9-10H,2,6-8H2,1,3-5H3,(H,21,22)/b19-16-. The van der Waals surface area contributed by atoms with Crippen molar-refractivity contribution in [2.24, 2.45) is 4.99 Å². The Balaban J connectivity index is 3.32. The summed E-state index contributed by atoms with van der Waals surface area (Å²) < 4.78 is 18.9. The van der Waals surface area contributed by atoms with Gasteiger partial charge in [0, 0.05) is 38.9 Å². The van der Waals surface area contributed by atoms with Crippen LogP contribution in [0.2, 0.25) is 0 Å².